The van der Waals surface area contributed by atoms with Gasteiger partial charge in [0.25, 0.3) is 0 Å². The number of aryl methyl sites for hydroxylation is 1. The summed E-state index contributed by atoms with van der Waals surface area (Å²) in [5.74, 6) is 0.790. The maximum absolute atomic E-state index is 5.23. The van der Waals surface area contributed by atoms with Crippen molar-refractivity contribution in [1.82, 2.24) is 15.1 Å². The molecule has 0 amide bonds. The third-order valence-corrected chi connectivity index (χ3v) is 2.73. The summed E-state index contributed by atoms with van der Waals surface area (Å²) in [5.41, 5.74) is 2.24. The molecule has 0 aliphatic heterocycles. The van der Waals surface area contributed by atoms with E-state index in [-0.39, 0.29) is 6.04 Å². The highest BCUT2D eigenvalue weighted by molar-refractivity contribution is 5.19. The van der Waals surface area contributed by atoms with Crippen LogP contribution in [0.25, 0.3) is 0 Å². The Morgan fingerprint density at radius 2 is 2.35 bits per heavy atom. The molecule has 1 aromatic heterocycles. The summed E-state index contributed by atoms with van der Waals surface area (Å²) in [6.07, 6.45) is 2.03. The summed E-state index contributed by atoms with van der Waals surface area (Å²) in [5, 5.41) is 7.92. The van der Waals surface area contributed by atoms with Crippen molar-refractivity contribution in [3.8, 4) is 5.88 Å². The Morgan fingerprint density at radius 3 is 2.82 bits per heavy atom. The van der Waals surface area contributed by atoms with Crippen LogP contribution in [-0.4, -0.2) is 23.4 Å². The number of nitrogens with one attached hydrogen (secondary N) is 1. The lowest BCUT2D eigenvalue weighted by atomic mass is 10.0. The normalized spacial score (nSPS) is 12.5. The monoisotopic (exact) mass is 237 g/mol. The van der Waals surface area contributed by atoms with Crippen LogP contribution in [0.2, 0.25) is 0 Å². The van der Waals surface area contributed by atoms with Crippen LogP contribution in [0.15, 0.2) is 18.2 Å². The highest BCUT2D eigenvalue weighted by Crippen LogP contribution is 2.22. The zero-order chi connectivity index (χ0) is 12.8. The molecule has 0 aliphatic rings. The molecule has 1 heterocycles. The lowest BCUT2D eigenvalue weighted by Gasteiger charge is -2.15. The van der Waals surface area contributed by atoms with E-state index < -0.39 is 0 Å². The second kappa shape index (κ2) is 6.45. The van der Waals surface area contributed by atoms with Gasteiger partial charge in [-0.2, -0.15) is 5.10 Å². The zero-order valence-electron chi connectivity index (χ0n) is 11.3. The minimum absolute atomic E-state index is 0.270. The Morgan fingerprint density at radius 1 is 1.65 bits per heavy atom. The molecule has 0 radical (unpaired) electrons. The lowest BCUT2D eigenvalue weighted by Crippen LogP contribution is -2.21. The quantitative estimate of drug-likeness (QED) is 0.740. The van der Waals surface area contributed by atoms with Crippen LogP contribution in [-0.2, 0) is 7.05 Å². The standard InChI is InChI=1S/C13H23N3O/c1-6-14-11(8-7-10(2)3)12-9-13(17-5)16(4)15-12/h9,11,14H,2,6-8H2,1,3-5H3. The molecule has 4 nitrogen and oxygen atoms in total. The summed E-state index contributed by atoms with van der Waals surface area (Å²) in [6, 6.07) is 2.26. The van der Waals surface area contributed by atoms with Gasteiger partial charge in [0.2, 0.25) is 5.88 Å². The van der Waals surface area contributed by atoms with Crippen molar-refractivity contribution in [1.29, 1.82) is 0 Å². The highest BCUT2D eigenvalue weighted by atomic mass is 16.5. The molecule has 17 heavy (non-hydrogen) atoms. The van der Waals surface area contributed by atoms with Gasteiger partial charge >= 0.3 is 0 Å². The van der Waals surface area contributed by atoms with Crippen LogP contribution >= 0.6 is 0 Å². The second-order valence-corrected chi connectivity index (χ2v) is 4.34. The topological polar surface area (TPSA) is 39.1 Å². The van der Waals surface area contributed by atoms with E-state index in [1.165, 1.54) is 5.57 Å². The molecule has 1 unspecified atom stereocenters. The van der Waals surface area contributed by atoms with E-state index in [0.29, 0.717) is 0 Å². The first-order chi connectivity index (χ1) is 8.08. The molecule has 0 bridgehead atoms. The van der Waals surface area contributed by atoms with Crippen LogP contribution in [0.5, 0.6) is 5.88 Å². The second-order valence-electron chi connectivity index (χ2n) is 4.34. The van der Waals surface area contributed by atoms with E-state index in [0.717, 1.165) is 31.0 Å². The number of nitrogens with zero attached hydrogens (tertiary/aromatic N) is 2. The molecule has 0 aromatic carbocycles. The molecule has 1 rings (SSSR count). The number of ether oxygens (including phenoxy) is 1. The SMILES string of the molecule is C=C(C)CCC(NCC)c1cc(OC)n(C)n1. The summed E-state index contributed by atoms with van der Waals surface area (Å²) in [4.78, 5) is 0. The van der Waals surface area contributed by atoms with E-state index in [1.807, 2.05) is 13.1 Å². The number of hydrogen-bond donors (Lipinski definition) is 1. The highest BCUT2D eigenvalue weighted by Gasteiger charge is 2.15. The fourth-order valence-corrected chi connectivity index (χ4v) is 1.82. The van der Waals surface area contributed by atoms with Crippen LogP contribution in [0.1, 0.15) is 38.4 Å². The van der Waals surface area contributed by atoms with Crippen molar-refractivity contribution in [2.45, 2.75) is 32.7 Å². The van der Waals surface area contributed by atoms with Gasteiger partial charge in [-0.25, -0.2) is 4.68 Å². The third-order valence-electron chi connectivity index (χ3n) is 2.73. The van der Waals surface area contributed by atoms with Gasteiger partial charge < -0.3 is 10.1 Å². The number of aromatic nitrogens is 2. The maximum atomic E-state index is 5.23. The van der Waals surface area contributed by atoms with Gasteiger partial charge in [0.05, 0.1) is 18.8 Å². The van der Waals surface area contributed by atoms with Gasteiger partial charge in [0, 0.05) is 13.1 Å². The fourth-order valence-electron chi connectivity index (χ4n) is 1.82. The Balaban J connectivity index is 2.77. The summed E-state index contributed by atoms with van der Waals surface area (Å²) in [7, 11) is 3.56. The lowest BCUT2D eigenvalue weighted by molar-refractivity contribution is 0.373. The fraction of sp³-hybridized carbons (Fsp3) is 0.615. The molecule has 1 atom stereocenters. The van der Waals surface area contributed by atoms with Crippen LogP contribution in [0.3, 0.4) is 0 Å². The first kappa shape index (κ1) is 13.8. The van der Waals surface area contributed by atoms with Crippen molar-refractivity contribution in [3.63, 3.8) is 0 Å². The average molecular weight is 237 g/mol. The Bertz CT molecular complexity index is 371. The van der Waals surface area contributed by atoms with Crippen LogP contribution in [0.4, 0.5) is 0 Å². The molecule has 96 valence electrons. The predicted molar refractivity (Wildman–Crippen MR) is 70.2 cm³/mol. The number of rotatable bonds is 7. The number of allylic oxidation sites excluding steroid dienone is 1. The van der Waals surface area contributed by atoms with Crippen molar-refractivity contribution in [2.75, 3.05) is 13.7 Å². The summed E-state index contributed by atoms with van der Waals surface area (Å²) in [6.45, 7) is 9.03. The molecular formula is C13H23N3O. The van der Waals surface area contributed by atoms with Crippen LogP contribution in [0, 0.1) is 0 Å². The van der Waals surface area contributed by atoms with Crippen molar-refractivity contribution in [2.24, 2.45) is 7.05 Å². The Kier molecular flexibility index (Phi) is 5.22. The largest absolute Gasteiger partial charge is 0.481 e. The maximum Gasteiger partial charge on any atom is 0.211 e. The molecule has 1 N–H and O–H groups in total. The van der Waals surface area contributed by atoms with Gasteiger partial charge in [0.1, 0.15) is 0 Å². The van der Waals surface area contributed by atoms with E-state index in [1.54, 1.807) is 11.8 Å². The molecule has 0 saturated carbocycles. The van der Waals surface area contributed by atoms with E-state index >= 15 is 0 Å². The van der Waals surface area contributed by atoms with E-state index in [2.05, 4.69) is 30.8 Å². The molecule has 0 fully saturated rings. The van der Waals surface area contributed by atoms with Gasteiger partial charge in [0.15, 0.2) is 0 Å². The zero-order valence-corrected chi connectivity index (χ0v) is 11.3. The summed E-state index contributed by atoms with van der Waals surface area (Å²) < 4.78 is 7.00. The van der Waals surface area contributed by atoms with Gasteiger partial charge in [-0.1, -0.05) is 12.5 Å². The average Bonchev–Trinajstić information content (AvgIpc) is 2.65. The number of hydrogen-bond acceptors (Lipinski definition) is 3. The van der Waals surface area contributed by atoms with Crippen molar-refractivity contribution >= 4 is 0 Å². The molecule has 1 aromatic rings. The summed E-state index contributed by atoms with van der Waals surface area (Å²) >= 11 is 0. The molecule has 0 saturated heterocycles. The molecular weight excluding hydrogens is 214 g/mol. The smallest absolute Gasteiger partial charge is 0.211 e. The Labute approximate surface area is 104 Å². The first-order valence-corrected chi connectivity index (χ1v) is 6.04. The third kappa shape index (κ3) is 3.89. The van der Waals surface area contributed by atoms with E-state index in [4.69, 9.17) is 4.74 Å². The van der Waals surface area contributed by atoms with E-state index in [9.17, 15) is 0 Å². The van der Waals surface area contributed by atoms with Crippen LogP contribution < -0.4 is 10.1 Å². The van der Waals surface area contributed by atoms with Crippen molar-refractivity contribution in [3.05, 3.63) is 23.9 Å². The van der Waals surface area contributed by atoms with Gasteiger partial charge in [-0.05, 0) is 26.3 Å². The minimum atomic E-state index is 0.270. The minimum Gasteiger partial charge on any atom is -0.481 e. The predicted octanol–water partition coefficient (Wildman–Crippen LogP) is 2.44. The Hall–Kier alpha value is -1.29. The first-order valence-electron chi connectivity index (χ1n) is 6.04. The van der Waals surface area contributed by atoms with Crippen molar-refractivity contribution < 1.29 is 4.74 Å². The molecule has 4 heteroatoms. The molecule has 0 spiro atoms. The van der Waals surface area contributed by atoms with Gasteiger partial charge in [-0.3, -0.25) is 0 Å². The molecule has 0 aliphatic carbocycles. The number of methoxy groups -OCH3 is 1. The van der Waals surface area contributed by atoms with Gasteiger partial charge in [-0.15, -0.1) is 6.58 Å².